The number of nitrogens with zero attached hydrogens (tertiary/aromatic N) is 3. The standard InChI is InChI=1S/C9H11N3O2/c1-6-8(4-12(2)10-6)9-3-7(5-13)14-11-9/h3-4,13H,5H2,1-2H3. The summed E-state index contributed by atoms with van der Waals surface area (Å²) in [5.74, 6) is 0.461. The first-order valence-electron chi connectivity index (χ1n) is 4.28. The zero-order valence-corrected chi connectivity index (χ0v) is 8.06. The van der Waals surface area contributed by atoms with Crippen LogP contribution in [0.1, 0.15) is 11.5 Å². The van der Waals surface area contributed by atoms with Gasteiger partial charge in [0.25, 0.3) is 0 Å². The van der Waals surface area contributed by atoms with Gasteiger partial charge >= 0.3 is 0 Å². The predicted molar refractivity (Wildman–Crippen MR) is 49.4 cm³/mol. The number of hydrogen-bond donors (Lipinski definition) is 1. The van der Waals surface area contributed by atoms with E-state index in [1.165, 1.54) is 0 Å². The van der Waals surface area contributed by atoms with Gasteiger partial charge in [0.05, 0.1) is 5.69 Å². The molecule has 2 heterocycles. The van der Waals surface area contributed by atoms with E-state index in [4.69, 9.17) is 9.63 Å². The molecule has 5 heteroatoms. The van der Waals surface area contributed by atoms with E-state index in [1.54, 1.807) is 10.7 Å². The van der Waals surface area contributed by atoms with Crippen LogP contribution in [-0.4, -0.2) is 20.0 Å². The molecule has 5 nitrogen and oxygen atoms in total. The van der Waals surface area contributed by atoms with Crippen molar-refractivity contribution in [3.05, 3.63) is 23.7 Å². The maximum Gasteiger partial charge on any atom is 0.162 e. The summed E-state index contributed by atoms with van der Waals surface area (Å²) in [6, 6.07) is 1.71. The molecule has 0 aliphatic heterocycles. The fourth-order valence-corrected chi connectivity index (χ4v) is 1.37. The summed E-state index contributed by atoms with van der Waals surface area (Å²) in [4.78, 5) is 0. The molecule has 0 spiro atoms. The van der Waals surface area contributed by atoms with Gasteiger partial charge in [-0.2, -0.15) is 5.10 Å². The Morgan fingerprint density at radius 2 is 2.36 bits per heavy atom. The van der Waals surface area contributed by atoms with Crippen molar-refractivity contribution in [2.75, 3.05) is 0 Å². The van der Waals surface area contributed by atoms with Gasteiger partial charge in [-0.05, 0) is 6.92 Å². The Kier molecular flexibility index (Phi) is 2.09. The number of aromatic nitrogens is 3. The molecular formula is C9H11N3O2. The van der Waals surface area contributed by atoms with Crippen molar-refractivity contribution in [1.29, 1.82) is 0 Å². The highest BCUT2D eigenvalue weighted by Crippen LogP contribution is 2.21. The highest BCUT2D eigenvalue weighted by Gasteiger charge is 2.10. The summed E-state index contributed by atoms with van der Waals surface area (Å²) in [6.45, 7) is 1.77. The molecule has 0 unspecified atom stereocenters. The fraction of sp³-hybridized carbons (Fsp3) is 0.333. The minimum absolute atomic E-state index is 0.133. The van der Waals surface area contributed by atoms with E-state index in [1.807, 2.05) is 20.2 Å². The lowest BCUT2D eigenvalue weighted by atomic mass is 10.2. The topological polar surface area (TPSA) is 64.1 Å². The van der Waals surface area contributed by atoms with Gasteiger partial charge in [-0.25, -0.2) is 0 Å². The normalized spacial score (nSPS) is 10.8. The highest BCUT2D eigenvalue weighted by atomic mass is 16.5. The Balaban J connectivity index is 2.43. The molecule has 0 atom stereocenters. The average molecular weight is 193 g/mol. The molecule has 0 aromatic carbocycles. The summed E-state index contributed by atoms with van der Waals surface area (Å²) in [5.41, 5.74) is 2.53. The SMILES string of the molecule is Cc1nn(C)cc1-c1cc(CO)on1. The molecule has 0 amide bonds. The minimum atomic E-state index is -0.133. The molecule has 2 aromatic heterocycles. The summed E-state index contributed by atoms with van der Waals surface area (Å²) in [5, 5.41) is 16.9. The van der Waals surface area contributed by atoms with Crippen LogP contribution < -0.4 is 0 Å². The summed E-state index contributed by atoms with van der Waals surface area (Å²) in [6.07, 6.45) is 1.87. The third kappa shape index (κ3) is 1.42. The van der Waals surface area contributed by atoms with E-state index in [9.17, 15) is 0 Å². The largest absolute Gasteiger partial charge is 0.388 e. The lowest BCUT2D eigenvalue weighted by Gasteiger charge is -1.87. The second-order valence-electron chi connectivity index (χ2n) is 3.14. The van der Waals surface area contributed by atoms with E-state index >= 15 is 0 Å². The quantitative estimate of drug-likeness (QED) is 0.768. The fourth-order valence-electron chi connectivity index (χ4n) is 1.37. The van der Waals surface area contributed by atoms with Crippen LogP contribution in [0.5, 0.6) is 0 Å². The summed E-state index contributed by atoms with van der Waals surface area (Å²) in [7, 11) is 1.85. The molecule has 0 radical (unpaired) electrons. The second kappa shape index (κ2) is 3.26. The number of rotatable bonds is 2. The van der Waals surface area contributed by atoms with Crippen molar-refractivity contribution in [3.8, 4) is 11.3 Å². The molecule has 0 saturated heterocycles. The lowest BCUT2D eigenvalue weighted by molar-refractivity contribution is 0.229. The van der Waals surface area contributed by atoms with E-state index < -0.39 is 0 Å². The van der Waals surface area contributed by atoms with Crippen LogP contribution in [0.4, 0.5) is 0 Å². The van der Waals surface area contributed by atoms with Gasteiger partial charge in [0.2, 0.25) is 0 Å². The van der Waals surface area contributed by atoms with Gasteiger partial charge in [-0.1, -0.05) is 5.16 Å². The zero-order chi connectivity index (χ0) is 10.1. The Labute approximate surface area is 81.0 Å². The number of aliphatic hydroxyl groups is 1. The molecule has 0 aliphatic carbocycles. The van der Waals surface area contributed by atoms with Crippen LogP contribution in [0.3, 0.4) is 0 Å². The Hall–Kier alpha value is -1.62. The summed E-state index contributed by atoms with van der Waals surface area (Å²) < 4.78 is 6.62. The lowest BCUT2D eigenvalue weighted by Crippen LogP contribution is -1.86. The molecule has 2 rings (SSSR count). The molecular weight excluding hydrogens is 182 g/mol. The molecule has 1 N–H and O–H groups in total. The maximum absolute atomic E-state index is 8.82. The molecule has 0 saturated carbocycles. The van der Waals surface area contributed by atoms with Gasteiger partial charge in [-0.3, -0.25) is 4.68 Å². The van der Waals surface area contributed by atoms with Gasteiger partial charge in [-0.15, -0.1) is 0 Å². The van der Waals surface area contributed by atoms with Gasteiger partial charge in [0.1, 0.15) is 12.3 Å². The molecule has 2 aromatic rings. The number of aryl methyl sites for hydroxylation is 2. The van der Waals surface area contributed by atoms with Crippen molar-refractivity contribution in [3.63, 3.8) is 0 Å². The van der Waals surface area contributed by atoms with E-state index in [2.05, 4.69) is 10.3 Å². The van der Waals surface area contributed by atoms with Crippen molar-refractivity contribution in [2.45, 2.75) is 13.5 Å². The van der Waals surface area contributed by atoms with Crippen LogP contribution in [-0.2, 0) is 13.7 Å². The third-order valence-electron chi connectivity index (χ3n) is 2.00. The Bertz CT molecular complexity index is 445. The Morgan fingerprint density at radius 1 is 1.57 bits per heavy atom. The smallest absolute Gasteiger partial charge is 0.162 e. The van der Waals surface area contributed by atoms with Gasteiger partial charge < -0.3 is 9.63 Å². The first-order valence-corrected chi connectivity index (χ1v) is 4.28. The molecule has 14 heavy (non-hydrogen) atoms. The van der Waals surface area contributed by atoms with Crippen LogP contribution in [0.15, 0.2) is 16.8 Å². The van der Waals surface area contributed by atoms with Crippen molar-refractivity contribution >= 4 is 0 Å². The third-order valence-corrected chi connectivity index (χ3v) is 2.00. The van der Waals surface area contributed by atoms with Gasteiger partial charge in [0.15, 0.2) is 5.76 Å². The second-order valence-corrected chi connectivity index (χ2v) is 3.14. The first kappa shape index (κ1) is 8.96. The van der Waals surface area contributed by atoms with Crippen LogP contribution in [0.25, 0.3) is 11.3 Å². The van der Waals surface area contributed by atoms with E-state index in [0.29, 0.717) is 11.5 Å². The van der Waals surface area contributed by atoms with Crippen molar-refractivity contribution < 1.29 is 9.63 Å². The first-order chi connectivity index (χ1) is 6.70. The molecule has 0 bridgehead atoms. The van der Waals surface area contributed by atoms with E-state index in [-0.39, 0.29) is 6.61 Å². The maximum atomic E-state index is 8.82. The van der Waals surface area contributed by atoms with Crippen LogP contribution >= 0.6 is 0 Å². The van der Waals surface area contributed by atoms with E-state index in [0.717, 1.165) is 11.3 Å². The Morgan fingerprint density at radius 3 is 2.86 bits per heavy atom. The van der Waals surface area contributed by atoms with Crippen molar-refractivity contribution in [1.82, 2.24) is 14.9 Å². The molecule has 74 valence electrons. The minimum Gasteiger partial charge on any atom is -0.388 e. The van der Waals surface area contributed by atoms with Crippen LogP contribution in [0, 0.1) is 6.92 Å². The number of aliphatic hydroxyl groups excluding tert-OH is 1. The zero-order valence-electron chi connectivity index (χ0n) is 8.06. The predicted octanol–water partition coefficient (Wildman–Crippen LogP) is 0.876. The summed E-state index contributed by atoms with van der Waals surface area (Å²) >= 11 is 0. The monoisotopic (exact) mass is 193 g/mol. The van der Waals surface area contributed by atoms with Crippen molar-refractivity contribution in [2.24, 2.45) is 7.05 Å². The van der Waals surface area contributed by atoms with Gasteiger partial charge in [0, 0.05) is 24.9 Å². The van der Waals surface area contributed by atoms with Crippen LogP contribution in [0.2, 0.25) is 0 Å². The molecule has 0 aliphatic rings. The molecule has 0 fully saturated rings. The average Bonchev–Trinajstić information content (AvgIpc) is 2.71. The highest BCUT2D eigenvalue weighted by molar-refractivity contribution is 5.60. The number of hydrogen-bond acceptors (Lipinski definition) is 4.